The first kappa shape index (κ1) is 38.8. The van der Waals surface area contributed by atoms with Crippen LogP contribution in [0.15, 0.2) is 108 Å². The Morgan fingerprint density at radius 2 is 1.51 bits per heavy atom. The Balaban J connectivity index is 0.00000455. The molecule has 2 aromatic heterocycles. The molecule has 0 N–H and O–H groups in total. The van der Waals surface area contributed by atoms with Crippen LogP contribution in [-0.4, -0.2) is 22.0 Å². The predicted octanol–water partition coefficient (Wildman–Crippen LogP) is 12.0. The second-order valence-electron chi connectivity index (χ2n) is 18.1. The predicted molar refractivity (Wildman–Crippen MR) is 225 cm³/mol. The first-order chi connectivity index (χ1) is 26.6. The van der Waals surface area contributed by atoms with Crippen LogP contribution >= 0.6 is 0 Å². The standard InChI is InChI=1S/C50H48N4O2.Pt/c1-30-21-36(54-43-18-16-35(49(5,6)7)28-41(43)50(8,9)40-13-12-20-52-46(40)54)29-37(22-30)55-38-25-32(42-14-10-11-19-51-42)23-33(26-38)47-53-45-39-17-15-34(48(2,3)4)24-31(39)27-44(45)56-47;/h10-25,28,44-45H,27H2,1-9H3;/q-2;+2/t44-,45+;/m0./s1. The summed E-state index contributed by atoms with van der Waals surface area (Å²) in [5, 5.41) is 0. The van der Waals surface area contributed by atoms with E-state index in [9.17, 15) is 0 Å². The number of hydrogen-bond acceptors (Lipinski definition) is 6. The molecule has 4 aromatic carbocycles. The van der Waals surface area contributed by atoms with Crippen LogP contribution in [0.2, 0.25) is 0 Å². The van der Waals surface area contributed by atoms with Gasteiger partial charge in [0.05, 0.1) is 5.69 Å². The van der Waals surface area contributed by atoms with E-state index in [4.69, 9.17) is 19.5 Å². The average molecular weight is 932 g/mol. The minimum Gasteiger partial charge on any atom is -0.514 e. The monoisotopic (exact) mass is 931 g/mol. The van der Waals surface area contributed by atoms with Crippen LogP contribution in [0.5, 0.6) is 11.5 Å². The van der Waals surface area contributed by atoms with Crippen molar-refractivity contribution in [3.05, 3.63) is 160 Å². The van der Waals surface area contributed by atoms with Crippen LogP contribution in [0.3, 0.4) is 0 Å². The summed E-state index contributed by atoms with van der Waals surface area (Å²) in [4.78, 5) is 17.0. The molecular formula is C50H48N4O2Pt. The van der Waals surface area contributed by atoms with E-state index in [-0.39, 0.29) is 49.5 Å². The number of ether oxygens (including phenoxy) is 2. The molecule has 0 spiro atoms. The molecule has 0 radical (unpaired) electrons. The maximum atomic E-state index is 6.73. The number of fused-ring (bicyclic) bond motifs is 5. The number of benzene rings is 4. The van der Waals surface area contributed by atoms with Crippen molar-refractivity contribution < 1.29 is 30.5 Å². The molecule has 290 valence electrons. The van der Waals surface area contributed by atoms with E-state index in [0.29, 0.717) is 17.4 Å². The summed E-state index contributed by atoms with van der Waals surface area (Å²) in [5.74, 6) is 2.57. The normalized spacial score (nSPS) is 17.7. The van der Waals surface area contributed by atoms with Gasteiger partial charge in [-0.15, -0.1) is 24.3 Å². The Kier molecular flexibility index (Phi) is 9.59. The van der Waals surface area contributed by atoms with E-state index in [1.54, 1.807) is 6.20 Å². The Labute approximate surface area is 351 Å². The molecule has 0 fully saturated rings. The molecule has 0 amide bonds. The van der Waals surface area contributed by atoms with Gasteiger partial charge in [0.25, 0.3) is 0 Å². The van der Waals surface area contributed by atoms with Gasteiger partial charge in [0.1, 0.15) is 23.9 Å². The van der Waals surface area contributed by atoms with Gasteiger partial charge in [-0.2, -0.15) is 5.56 Å². The van der Waals surface area contributed by atoms with Crippen molar-refractivity contribution in [2.24, 2.45) is 4.99 Å². The van der Waals surface area contributed by atoms with E-state index in [1.807, 2.05) is 48.7 Å². The van der Waals surface area contributed by atoms with Gasteiger partial charge in [-0.05, 0) is 62.9 Å². The summed E-state index contributed by atoms with van der Waals surface area (Å²) in [5.41, 5.74) is 12.9. The zero-order valence-corrected chi connectivity index (χ0v) is 36.4. The van der Waals surface area contributed by atoms with Crippen LogP contribution in [-0.2, 0) is 48.5 Å². The quantitative estimate of drug-likeness (QED) is 0.161. The number of pyridine rings is 2. The molecule has 6 nitrogen and oxygen atoms in total. The third-order valence-corrected chi connectivity index (χ3v) is 11.5. The van der Waals surface area contributed by atoms with E-state index in [1.165, 1.54) is 27.8 Å². The fourth-order valence-electron chi connectivity index (χ4n) is 8.37. The topological polar surface area (TPSA) is 59.8 Å². The molecular weight excluding hydrogens is 884 g/mol. The summed E-state index contributed by atoms with van der Waals surface area (Å²) in [7, 11) is 0. The third kappa shape index (κ3) is 7.01. The number of nitrogens with zero attached hydrogens (tertiary/aromatic N) is 4. The van der Waals surface area contributed by atoms with Gasteiger partial charge in [0, 0.05) is 47.0 Å². The van der Waals surface area contributed by atoms with Gasteiger partial charge < -0.3 is 14.4 Å². The first-order valence-electron chi connectivity index (χ1n) is 19.6. The van der Waals surface area contributed by atoms with Gasteiger partial charge in [0.15, 0.2) is 0 Å². The fourth-order valence-corrected chi connectivity index (χ4v) is 8.37. The largest absolute Gasteiger partial charge is 2.00 e. The molecule has 9 rings (SSSR count). The van der Waals surface area contributed by atoms with Crippen LogP contribution in [0.4, 0.5) is 17.2 Å². The number of aliphatic imine (C=N–C) groups is 1. The van der Waals surface area contributed by atoms with Crippen molar-refractivity contribution in [3.63, 3.8) is 0 Å². The molecule has 4 heterocycles. The smallest absolute Gasteiger partial charge is 0.514 e. The third-order valence-electron chi connectivity index (χ3n) is 11.5. The Bertz CT molecular complexity index is 2550. The number of aryl methyl sites for hydroxylation is 1. The van der Waals surface area contributed by atoms with Gasteiger partial charge >= 0.3 is 21.1 Å². The molecule has 2 aliphatic heterocycles. The molecule has 6 aromatic rings. The van der Waals surface area contributed by atoms with Crippen LogP contribution < -0.4 is 9.64 Å². The Morgan fingerprint density at radius 3 is 2.26 bits per heavy atom. The van der Waals surface area contributed by atoms with E-state index in [0.717, 1.165) is 51.6 Å². The zero-order valence-electron chi connectivity index (χ0n) is 34.1. The zero-order chi connectivity index (χ0) is 39.1. The fraction of sp³-hybridized carbons (Fsp3) is 0.300. The Hall–Kier alpha value is -5.06. The summed E-state index contributed by atoms with van der Waals surface area (Å²) in [6.45, 7) is 20.2. The van der Waals surface area contributed by atoms with Crippen LogP contribution in [0.25, 0.3) is 11.3 Å². The number of hydrogen-bond donors (Lipinski definition) is 0. The maximum Gasteiger partial charge on any atom is 2.00 e. The van der Waals surface area contributed by atoms with Crippen molar-refractivity contribution in [2.75, 3.05) is 4.90 Å². The minimum absolute atomic E-state index is 0. The molecule has 0 saturated carbocycles. The molecule has 0 unspecified atom stereocenters. The molecule has 3 aliphatic rings. The Morgan fingerprint density at radius 1 is 0.772 bits per heavy atom. The van der Waals surface area contributed by atoms with E-state index < -0.39 is 0 Å². The van der Waals surface area contributed by atoms with Crippen molar-refractivity contribution in [2.45, 2.75) is 97.1 Å². The number of aromatic nitrogens is 2. The molecule has 0 bridgehead atoms. The molecule has 7 heteroatoms. The van der Waals surface area contributed by atoms with E-state index >= 15 is 0 Å². The van der Waals surface area contributed by atoms with Gasteiger partial charge in [-0.25, -0.2) is 4.98 Å². The summed E-state index contributed by atoms with van der Waals surface area (Å²) < 4.78 is 13.4. The molecule has 1 aliphatic carbocycles. The van der Waals surface area contributed by atoms with Crippen molar-refractivity contribution >= 4 is 23.1 Å². The second-order valence-corrected chi connectivity index (χ2v) is 18.1. The van der Waals surface area contributed by atoms with Crippen molar-refractivity contribution in [3.8, 4) is 22.8 Å². The first-order valence-corrected chi connectivity index (χ1v) is 19.6. The van der Waals surface area contributed by atoms with Gasteiger partial charge in [0.2, 0.25) is 0 Å². The summed E-state index contributed by atoms with van der Waals surface area (Å²) in [6.07, 6.45) is 4.45. The number of anilines is 3. The van der Waals surface area contributed by atoms with Gasteiger partial charge in [-0.3, -0.25) is 9.98 Å². The van der Waals surface area contributed by atoms with Gasteiger partial charge in [-0.1, -0.05) is 134 Å². The van der Waals surface area contributed by atoms with Crippen LogP contribution in [0.1, 0.15) is 106 Å². The average Bonchev–Trinajstić information content (AvgIpc) is 3.72. The summed E-state index contributed by atoms with van der Waals surface area (Å²) >= 11 is 0. The van der Waals surface area contributed by atoms with Crippen molar-refractivity contribution in [1.29, 1.82) is 0 Å². The number of rotatable bonds is 5. The molecule has 57 heavy (non-hydrogen) atoms. The maximum absolute atomic E-state index is 6.73. The SMILES string of the molecule is Cc1cc(Oc2[c-]c(C3=N[C@@H]4c5ccc(C(C)(C)C)cc5C[C@@H]4O3)cc(-c3ccccn3)c2)[c-]c(N2c3ccc(C(C)(C)C)cc3C(C)(C)c3cccnc32)c1.[Pt+2]. The summed E-state index contributed by atoms with van der Waals surface area (Å²) in [6, 6.07) is 39.1. The second kappa shape index (κ2) is 14.1. The van der Waals surface area contributed by atoms with Crippen LogP contribution in [0, 0.1) is 19.1 Å². The van der Waals surface area contributed by atoms with Crippen molar-refractivity contribution in [1.82, 2.24) is 9.97 Å². The minimum atomic E-state index is -0.252. The molecule has 2 atom stereocenters. The molecule has 0 saturated heterocycles. The van der Waals surface area contributed by atoms with E-state index in [2.05, 4.69) is 133 Å².